The zero-order valence-electron chi connectivity index (χ0n) is 29.6. The summed E-state index contributed by atoms with van der Waals surface area (Å²) in [6.45, 7) is 0. The van der Waals surface area contributed by atoms with Gasteiger partial charge in [-0.1, -0.05) is 152 Å². The first-order valence-corrected chi connectivity index (χ1v) is 19.2. The molecule has 0 fully saturated rings. The third-order valence-corrected chi connectivity index (χ3v) is 11.6. The van der Waals surface area contributed by atoms with E-state index in [2.05, 4.69) is 217 Å². The van der Waals surface area contributed by atoms with Crippen molar-refractivity contribution in [3.05, 3.63) is 212 Å². The second kappa shape index (κ2) is 13.7. The van der Waals surface area contributed by atoms with Gasteiger partial charge in [-0.15, -0.1) is 11.3 Å². The van der Waals surface area contributed by atoms with Crippen molar-refractivity contribution in [3.63, 3.8) is 0 Å². The predicted octanol–water partition coefficient (Wildman–Crippen LogP) is 15.3. The van der Waals surface area contributed by atoms with Crippen LogP contribution in [0.25, 0.3) is 75.5 Å². The summed E-state index contributed by atoms with van der Waals surface area (Å²) in [5.41, 5.74) is 13.1. The van der Waals surface area contributed by atoms with Crippen LogP contribution in [0.3, 0.4) is 0 Å². The van der Waals surface area contributed by atoms with E-state index in [-0.39, 0.29) is 0 Å². The molecule has 0 saturated heterocycles. The molecule has 10 rings (SSSR count). The number of nitrogens with zero attached hydrogens (tertiary/aromatic N) is 1. The van der Waals surface area contributed by atoms with Crippen LogP contribution >= 0.6 is 11.3 Å². The maximum atomic E-state index is 2.41. The van der Waals surface area contributed by atoms with Crippen molar-refractivity contribution in [3.8, 4) is 44.5 Å². The molecule has 10 aromatic rings. The number of hydrogen-bond donors (Lipinski definition) is 0. The molecule has 2 heteroatoms. The maximum Gasteiger partial charge on any atom is 0.0462 e. The summed E-state index contributed by atoms with van der Waals surface area (Å²) in [4.78, 5) is 2.34. The average molecular weight is 706 g/mol. The van der Waals surface area contributed by atoms with Crippen molar-refractivity contribution < 1.29 is 0 Å². The molecule has 0 aliphatic rings. The second-order valence-corrected chi connectivity index (χ2v) is 14.8. The summed E-state index contributed by atoms with van der Waals surface area (Å²) in [6.07, 6.45) is 0. The van der Waals surface area contributed by atoms with E-state index in [9.17, 15) is 0 Å². The van der Waals surface area contributed by atoms with Gasteiger partial charge in [0.25, 0.3) is 0 Å². The first-order chi connectivity index (χ1) is 26.7. The molecule has 0 aliphatic carbocycles. The minimum atomic E-state index is 1.11. The van der Waals surface area contributed by atoms with E-state index in [1.165, 1.54) is 75.5 Å². The van der Waals surface area contributed by atoms with E-state index >= 15 is 0 Å². The minimum Gasteiger partial charge on any atom is -0.311 e. The fourth-order valence-electron chi connectivity index (χ4n) is 7.71. The van der Waals surface area contributed by atoms with Gasteiger partial charge in [-0.3, -0.25) is 0 Å². The number of fused-ring (bicyclic) bond motifs is 4. The van der Waals surface area contributed by atoms with E-state index in [4.69, 9.17) is 0 Å². The van der Waals surface area contributed by atoms with Crippen molar-refractivity contribution in [1.82, 2.24) is 0 Å². The van der Waals surface area contributed by atoms with Gasteiger partial charge in [0.1, 0.15) is 0 Å². The van der Waals surface area contributed by atoms with E-state index in [0.29, 0.717) is 0 Å². The molecule has 0 saturated carbocycles. The summed E-state index contributed by atoms with van der Waals surface area (Å²) >= 11 is 1.87. The topological polar surface area (TPSA) is 3.24 Å². The van der Waals surface area contributed by atoms with Crippen LogP contribution in [0.4, 0.5) is 17.1 Å². The van der Waals surface area contributed by atoms with Crippen molar-refractivity contribution in [2.45, 2.75) is 0 Å². The first-order valence-electron chi connectivity index (χ1n) is 18.4. The standard InChI is InChI=1S/C52H35NS/c1-3-11-36(12-4-1)38-19-21-39(22-20-38)40-25-29-45(30-26-40)53(44-15-5-2-6-16-44)46-31-27-41(28-32-46)49-35-52-50(47-17-9-10-18-51(47)54-52)34-48(49)43-24-23-37-13-7-8-14-42(37)33-43/h1-35H. The Balaban J connectivity index is 1.03. The summed E-state index contributed by atoms with van der Waals surface area (Å²) in [5.74, 6) is 0. The molecule has 1 heterocycles. The molecule has 0 aliphatic heterocycles. The normalized spacial score (nSPS) is 11.3. The van der Waals surface area contributed by atoms with Crippen LogP contribution < -0.4 is 4.90 Å². The lowest BCUT2D eigenvalue weighted by molar-refractivity contribution is 1.28. The Labute approximate surface area is 319 Å². The van der Waals surface area contributed by atoms with E-state index in [1.54, 1.807) is 0 Å². The molecule has 54 heavy (non-hydrogen) atoms. The van der Waals surface area contributed by atoms with Gasteiger partial charge in [-0.05, 0) is 116 Å². The number of anilines is 3. The quantitative estimate of drug-likeness (QED) is 0.160. The Morgan fingerprint density at radius 1 is 0.278 bits per heavy atom. The third kappa shape index (κ3) is 5.93. The molecule has 0 atom stereocenters. The number of thiophene rings is 1. The van der Waals surface area contributed by atoms with Crippen LogP contribution in [0.1, 0.15) is 0 Å². The lowest BCUT2D eigenvalue weighted by Gasteiger charge is -2.26. The van der Waals surface area contributed by atoms with Crippen LogP contribution in [-0.4, -0.2) is 0 Å². The third-order valence-electron chi connectivity index (χ3n) is 10.5. The molecular formula is C52H35NS. The molecule has 0 unspecified atom stereocenters. The highest BCUT2D eigenvalue weighted by Gasteiger charge is 2.17. The molecule has 1 nitrogen and oxygen atoms in total. The molecule has 0 N–H and O–H groups in total. The van der Waals surface area contributed by atoms with Gasteiger partial charge < -0.3 is 4.90 Å². The second-order valence-electron chi connectivity index (χ2n) is 13.8. The number of para-hydroxylation sites is 1. The number of benzene rings is 9. The highest BCUT2D eigenvalue weighted by atomic mass is 32.1. The highest BCUT2D eigenvalue weighted by molar-refractivity contribution is 7.25. The molecule has 0 amide bonds. The van der Waals surface area contributed by atoms with E-state index < -0.39 is 0 Å². The minimum absolute atomic E-state index is 1.11. The van der Waals surface area contributed by atoms with Gasteiger partial charge in [-0.2, -0.15) is 0 Å². The largest absolute Gasteiger partial charge is 0.311 e. The van der Waals surface area contributed by atoms with Crippen LogP contribution in [0.5, 0.6) is 0 Å². The molecule has 0 bridgehead atoms. The molecule has 0 spiro atoms. The van der Waals surface area contributed by atoms with Crippen LogP contribution in [0, 0.1) is 0 Å². The maximum absolute atomic E-state index is 2.41. The summed E-state index contributed by atoms with van der Waals surface area (Å²) < 4.78 is 2.62. The highest BCUT2D eigenvalue weighted by Crippen LogP contribution is 2.43. The summed E-state index contributed by atoms with van der Waals surface area (Å²) in [6, 6.07) is 77.1. The number of hydrogen-bond acceptors (Lipinski definition) is 2. The SMILES string of the molecule is c1ccc(-c2ccc(-c3ccc(N(c4ccccc4)c4ccc(-c5cc6sc7ccccc7c6cc5-c5ccc6ccccc6c5)cc4)cc3)cc2)cc1. The van der Waals surface area contributed by atoms with Crippen LogP contribution in [0.15, 0.2) is 212 Å². The zero-order valence-corrected chi connectivity index (χ0v) is 30.4. The van der Waals surface area contributed by atoms with Gasteiger partial charge in [0.2, 0.25) is 0 Å². The Kier molecular flexibility index (Phi) is 8.09. The van der Waals surface area contributed by atoms with E-state index in [0.717, 1.165) is 17.1 Å². The molecule has 1 aromatic heterocycles. The Morgan fingerprint density at radius 3 is 1.44 bits per heavy atom. The predicted molar refractivity (Wildman–Crippen MR) is 233 cm³/mol. The Morgan fingerprint density at radius 2 is 0.759 bits per heavy atom. The van der Waals surface area contributed by atoms with Crippen molar-refractivity contribution in [2.24, 2.45) is 0 Å². The molecule has 9 aromatic carbocycles. The molecule has 254 valence electrons. The fourth-order valence-corrected chi connectivity index (χ4v) is 8.84. The van der Waals surface area contributed by atoms with Gasteiger partial charge in [0.15, 0.2) is 0 Å². The zero-order chi connectivity index (χ0) is 35.8. The summed E-state index contributed by atoms with van der Waals surface area (Å²) in [5, 5.41) is 5.13. The Hall–Kier alpha value is -6.74. The van der Waals surface area contributed by atoms with Crippen molar-refractivity contribution in [1.29, 1.82) is 0 Å². The molecular weight excluding hydrogens is 671 g/mol. The van der Waals surface area contributed by atoms with Gasteiger partial charge >= 0.3 is 0 Å². The molecule has 0 radical (unpaired) electrons. The number of rotatable bonds is 7. The lowest BCUT2D eigenvalue weighted by atomic mass is 9.91. The average Bonchev–Trinajstić information content (AvgIpc) is 3.62. The van der Waals surface area contributed by atoms with E-state index in [1.807, 2.05) is 11.3 Å². The van der Waals surface area contributed by atoms with Crippen molar-refractivity contribution in [2.75, 3.05) is 4.90 Å². The Bertz CT molecular complexity index is 2890. The lowest BCUT2D eigenvalue weighted by Crippen LogP contribution is -2.09. The van der Waals surface area contributed by atoms with Crippen LogP contribution in [0.2, 0.25) is 0 Å². The van der Waals surface area contributed by atoms with Gasteiger partial charge in [-0.25, -0.2) is 0 Å². The summed E-state index contributed by atoms with van der Waals surface area (Å²) in [7, 11) is 0. The van der Waals surface area contributed by atoms with Gasteiger partial charge in [0.05, 0.1) is 0 Å². The fraction of sp³-hybridized carbons (Fsp3) is 0. The smallest absolute Gasteiger partial charge is 0.0462 e. The van der Waals surface area contributed by atoms with Gasteiger partial charge in [0, 0.05) is 37.2 Å². The first kappa shape index (κ1) is 32.0. The van der Waals surface area contributed by atoms with Crippen LogP contribution in [-0.2, 0) is 0 Å². The monoisotopic (exact) mass is 705 g/mol. The van der Waals surface area contributed by atoms with Crippen molar-refractivity contribution >= 4 is 59.3 Å².